The van der Waals surface area contributed by atoms with Crippen LogP contribution in [-0.2, 0) is 25.5 Å². The predicted octanol–water partition coefficient (Wildman–Crippen LogP) is 1.77. The molecule has 1 N–H and O–H groups in total. The summed E-state index contributed by atoms with van der Waals surface area (Å²) in [4.78, 5) is 37.6. The average molecular weight is 354 g/mol. The number of esters is 1. The normalized spacial score (nSPS) is 12.8. The van der Waals surface area contributed by atoms with E-state index >= 15 is 0 Å². The minimum Gasteiger partial charge on any atom is -0.496 e. The molecule has 0 atom stereocenters. The van der Waals surface area contributed by atoms with Crippen molar-refractivity contribution in [1.29, 1.82) is 0 Å². The zero-order chi connectivity index (χ0) is 18.5. The molecular formula is C19H18N2O5. The third kappa shape index (κ3) is 3.83. The smallest absolute Gasteiger partial charge is 0.310 e. The van der Waals surface area contributed by atoms with Crippen molar-refractivity contribution in [1.82, 2.24) is 0 Å². The average Bonchev–Trinajstić information content (AvgIpc) is 2.65. The van der Waals surface area contributed by atoms with Gasteiger partial charge in [0.2, 0.25) is 5.91 Å². The second-order valence-corrected chi connectivity index (χ2v) is 5.69. The molecule has 7 heteroatoms. The van der Waals surface area contributed by atoms with E-state index in [1.54, 1.807) is 48.5 Å². The van der Waals surface area contributed by atoms with Crippen molar-refractivity contribution in [2.75, 3.05) is 30.5 Å². The summed E-state index contributed by atoms with van der Waals surface area (Å²) in [5.41, 5.74) is 1.81. The van der Waals surface area contributed by atoms with Gasteiger partial charge in [0.1, 0.15) is 12.3 Å². The fraction of sp³-hybridized carbons (Fsp3) is 0.211. The van der Waals surface area contributed by atoms with Crippen LogP contribution in [-0.4, -0.2) is 38.0 Å². The van der Waals surface area contributed by atoms with Crippen molar-refractivity contribution in [2.45, 2.75) is 6.42 Å². The summed E-state index contributed by atoms with van der Waals surface area (Å²) in [6.45, 7) is -0.546. The largest absolute Gasteiger partial charge is 0.496 e. The van der Waals surface area contributed by atoms with E-state index in [0.29, 0.717) is 22.7 Å². The Hall–Kier alpha value is -3.35. The Kier molecular flexibility index (Phi) is 5.17. The number of amides is 2. The van der Waals surface area contributed by atoms with E-state index in [1.165, 1.54) is 12.0 Å². The zero-order valence-corrected chi connectivity index (χ0v) is 14.2. The van der Waals surface area contributed by atoms with E-state index < -0.39 is 18.5 Å². The molecule has 1 aliphatic rings. The molecule has 7 nitrogen and oxygen atoms in total. The number of carbonyl (C=O) groups is 3. The molecule has 26 heavy (non-hydrogen) atoms. The molecule has 0 spiro atoms. The molecule has 0 aromatic heterocycles. The summed E-state index contributed by atoms with van der Waals surface area (Å²) in [7, 11) is 1.52. The first-order valence-electron chi connectivity index (χ1n) is 8.05. The molecule has 0 bridgehead atoms. The Morgan fingerprint density at radius 2 is 1.85 bits per heavy atom. The maximum Gasteiger partial charge on any atom is 0.310 e. The number of carbonyl (C=O) groups excluding carboxylic acids is 3. The number of methoxy groups -OCH3 is 1. The van der Waals surface area contributed by atoms with Crippen LogP contribution in [0.3, 0.4) is 0 Å². The van der Waals surface area contributed by atoms with Crippen LogP contribution in [0, 0.1) is 0 Å². The summed E-state index contributed by atoms with van der Waals surface area (Å²) in [6.07, 6.45) is -0.00559. The van der Waals surface area contributed by atoms with Gasteiger partial charge in [0.25, 0.3) is 5.91 Å². The molecule has 2 aromatic rings. The molecule has 2 aromatic carbocycles. The SMILES string of the molecule is COc1ccccc1CC(=O)OCC(=O)N1CC(=O)Nc2ccccc21. The lowest BCUT2D eigenvalue weighted by molar-refractivity contribution is -0.147. The predicted molar refractivity (Wildman–Crippen MR) is 95.1 cm³/mol. The lowest BCUT2D eigenvalue weighted by Crippen LogP contribution is -2.44. The van der Waals surface area contributed by atoms with E-state index in [1.807, 2.05) is 0 Å². The minimum absolute atomic E-state index is 0.00559. The summed E-state index contributed by atoms with van der Waals surface area (Å²) in [5.74, 6) is -0.715. The van der Waals surface area contributed by atoms with Crippen LogP contribution >= 0.6 is 0 Å². The van der Waals surface area contributed by atoms with Gasteiger partial charge in [-0.2, -0.15) is 0 Å². The van der Waals surface area contributed by atoms with Gasteiger partial charge in [-0.05, 0) is 18.2 Å². The number of nitrogens with zero attached hydrogens (tertiary/aromatic N) is 1. The molecule has 0 saturated carbocycles. The van der Waals surface area contributed by atoms with Gasteiger partial charge in [-0.1, -0.05) is 30.3 Å². The van der Waals surface area contributed by atoms with Gasteiger partial charge in [0.15, 0.2) is 6.61 Å². The number of fused-ring (bicyclic) bond motifs is 1. The van der Waals surface area contributed by atoms with Gasteiger partial charge < -0.3 is 14.8 Å². The van der Waals surface area contributed by atoms with Crippen LogP contribution in [0.5, 0.6) is 5.75 Å². The third-order valence-electron chi connectivity index (χ3n) is 3.96. The number of rotatable bonds is 5. The zero-order valence-electron chi connectivity index (χ0n) is 14.2. The van der Waals surface area contributed by atoms with Crippen LogP contribution in [0.4, 0.5) is 11.4 Å². The highest BCUT2D eigenvalue weighted by molar-refractivity contribution is 6.10. The van der Waals surface area contributed by atoms with E-state index in [9.17, 15) is 14.4 Å². The summed E-state index contributed by atoms with van der Waals surface area (Å²) in [6, 6.07) is 14.1. The van der Waals surface area contributed by atoms with Crippen molar-refractivity contribution in [3.05, 3.63) is 54.1 Å². The van der Waals surface area contributed by atoms with E-state index in [4.69, 9.17) is 9.47 Å². The molecule has 0 fully saturated rings. The summed E-state index contributed by atoms with van der Waals surface area (Å²) in [5, 5.41) is 2.70. The number of benzene rings is 2. The second kappa shape index (κ2) is 7.69. The second-order valence-electron chi connectivity index (χ2n) is 5.69. The molecular weight excluding hydrogens is 336 g/mol. The van der Waals surface area contributed by atoms with Crippen LogP contribution in [0.25, 0.3) is 0 Å². The fourth-order valence-corrected chi connectivity index (χ4v) is 2.73. The minimum atomic E-state index is -0.544. The lowest BCUT2D eigenvalue weighted by atomic mass is 10.1. The first kappa shape index (κ1) is 17.5. The first-order chi connectivity index (χ1) is 12.6. The summed E-state index contributed by atoms with van der Waals surface area (Å²) >= 11 is 0. The van der Waals surface area contributed by atoms with Gasteiger partial charge in [-0.3, -0.25) is 19.3 Å². The number of ether oxygens (including phenoxy) is 2. The highest BCUT2D eigenvalue weighted by Gasteiger charge is 2.27. The van der Waals surface area contributed by atoms with Crippen molar-refractivity contribution < 1.29 is 23.9 Å². The van der Waals surface area contributed by atoms with Gasteiger partial charge in [0.05, 0.1) is 24.9 Å². The molecule has 2 amide bonds. The van der Waals surface area contributed by atoms with Crippen LogP contribution in [0.2, 0.25) is 0 Å². The van der Waals surface area contributed by atoms with Crippen molar-refractivity contribution in [3.8, 4) is 5.75 Å². The topological polar surface area (TPSA) is 84.9 Å². The number of nitrogens with one attached hydrogen (secondary N) is 1. The standard InChI is InChI=1S/C19H18N2O5/c1-25-16-9-5-2-6-13(16)10-19(24)26-12-18(23)21-11-17(22)20-14-7-3-4-8-15(14)21/h2-9H,10-12H2,1H3,(H,20,22). The maximum absolute atomic E-state index is 12.4. The summed E-state index contributed by atoms with van der Waals surface area (Å²) < 4.78 is 10.3. The molecule has 3 rings (SSSR count). The molecule has 1 aliphatic heterocycles. The number of para-hydroxylation sites is 3. The van der Waals surface area contributed by atoms with Crippen molar-refractivity contribution in [2.24, 2.45) is 0 Å². The molecule has 0 radical (unpaired) electrons. The Labute approximate surface area is 150 Å². The van der Waals surface area contributed by atoms with Gasteiger partial charge in [0, 0.05) is 5.56 Å². The fourth-order valence-electron chi connectivity index (χ4n) is 2.73. The monoisotopic (exact) mass is 354 g/mol. The number of hydrogen-bond donors (Lipinski definition) is 1. The molecule has 0 aliphatic carbocycles. The maximum atomic E-state index is 12.4. The van der Waals surface area contributed by atoms with E-state index in [0.717, 1.165) is 0 Å². The molecule has 0 saturated heterocycles. The van der Waals surface area contributed by atoms with Crippen LogP contribution in [0.1, 0.15) is 5.56 Å². The Morgan fingerprint density at radius 1 is 1.12 bits per heavy atom. The third-order valence-corrected chi connectivity index (χ3v) is 3.96. The molecule has 1 heterocycles. The van der Waals surface area contributed by atoms with E-state index in [2.05, 4.69) is 5.32 Å². The lowest BCUT2D eigenvalue weighted by Gasteiger charge is -2.28. The highest BCUT2D eigenvalue weighted by atomic mass is 16.5. The molecule has 134 valence electrons. The van der Waals surface area contributed by atoms with Gasteiger partial charge in [-0.15, -0.1) is 0 Å². The van der Waals surface area contributed by atoms with Crippen LogP contribution in [0.15, 0.2) is 48.5 Å². The quantitative estimate of drug-likeness (QED) is 0.827. The Balaban J connectivity index is 1.62. The Bertz CT molecular complexity index is 849. The molecule has 0 unspecified atom stereocenters. The Morgan fingerprint density at radius 3 is 2.65 bits per heavy atom. The van der Waals surface area contributed by atoms with Gasteiger partial charge >= 0.3 is 5.97 Å². The van der Waals surface area contributed by atoms with Crippen molar-refractivity contribution >= 4 is 29.2 Å². The van der Waals surface area contributed by atoms with Crippen LogP contribution < -0.4 is 15.0 Å². The first-order valence-corrected chi connectivity index (χ1v) is 8.05. The number of hydrogen-bond acceptors (Lipinski definition) is 5. The van der Waals surface area contributed by atoms with Crippen molar-refractivity contribution in [3.63, 3.8) is 0 Å². The van der Waals surface area contributed by atoms with Gasteiger partial charge in [-0.25, -0.2) is 0 Å². The highest BCUT2D eigenvalue weighted by Crippen LogP contribution is 2.28. The number of anilines is 2. The van der Waals surface area contributed by atoms with E-state index in [-0.39, 0.29) is 18.9 Å².